The topological polar surface area (TPSA) is 75.7 Å². The first kappa shape index (κ1) is 17.9. The summed E-state index contributed by atoms with van der Waals surface area (Å²) in [4.78, 5) is 12.0. The van der Waals surface area contributed by atoms with Crippen molar-refractivity contribution < 1.29 is 22.3 Å². The van der Waals surface area contributed by atoms with Crippen LogP contribution in [-0.2, 0) is 14.8 Å². The maximum absolute atomic E-state index is 12.8. The first-order valence-corrected chi connectivity index (χ1v) is 8.44. The third kappa shape index (κ3) is 4.53. The van der Waals surface area contributed by atoms with Crippen LogP contribution in [0.1, 0.15) is 0 Å². The average Bonchev–Trinajstić information content (AvgIpc) is 2.54. The number of carbonyl (C=O) groups excluding carboxylic acids is 1. The van der Waals surface area contributed by atoms with Crippen molar-refractivity contribution >= 4 is 21.6 Å². The second kappa shape index (κ2) is 7.41. The molecule has 0 saturated heterocycles. The lowest BCUT2D eigenvalue weighted by atomic mass is 10.3. The van der Waals surface area contributed by atoms with E-state index in [9.17, 15) is 17.6 Å². The minimum Gasteiger partial charge on any atom is -0.484 e. The van der Waals surface area contributed by atoms with Crippen molar-refractivity contribution in [1.29, 1.82) is 0 Å². The number of nitrogens with zero attached hydrogens (tertiary/aromatic N) is 1. The lowest BCUT2D eigenvalue weighted by Crippen LogP contribution is -2.23. The van der Waals surface area contributed by atoms with E-state index in [2.05, 4.69) is 5.32 Å². The maximum atomic E-state index is 12.8. The molecule has 1 N–H and O–H groups in total. The molecule has 0 unspecified atom stereocenters. The van der Waals surface area contributed by atoms with Gasteiger partial charge in [0.05, 0.1) is 4.90 Å². The van der Waals surface area contributed by atoms with Crippen LogP contribution >= 0.6 is 0 Å². The van der Waals surface area contributed by atoms with E-state index in [1.165, 1.54) is 56.6 Å². The number of benzene rings is 2. The molecule has 2 aromatic rings. The molecule has 0 heterocycles. The van der Waals surface area contributed by atoms with Gasteiger partial charge in [-0.3, -0.25) is 4.79 Å². The van der Waals surface area contributed by atoms with E-state index in [1.807, 2.05) is 0 Å². The van der Waals surface area contributed by atoms with Gasteiger partial charge in [-0.2, -0.15) is 0 Å². The molecule has 2 aromatic carbocycles. The van der Waals surface area contributed by atoms with Crippen LogP contribution in [-0.4, -0.2) is 39.3 Å². The summed E-state index contributed by atoms with van der Waals surface area (Å²) < 4.78 is 43.2. The fourth-order valence-electron chi connectivity index (χ4n) is 1.82. The average molecular weight is 352 g/mol. The van der Waals surface area contributed by atoms with Crippen molar-refractivity contribution in [2.75, 3.05) is 26.0 Å². The van der Waals surface area contributed by atoms with Crippen LogP contribution < -0.4 is 10.1 Å². The van der Waals surface area contributed by atoms with Gasteiger partial charge in [0.1, 0.15) is 11.6 Å². The Morgan fingerprint density at radius 3 is 2.46 bits per heavy atom. The zero-order valence-electron chi connectivity index (χ0n) is 13.2. The summed E-state index contributed by atoms with van der Waals surface area (Å²) in [6, 6.07) is 11.2. The highest BCUT2D eigenvalue weighted by molar-refractivity contribution is 7.89. The van der Waals surface area contributed by atoms with Crippen LogP contribution in [0.4, 0.5) is 10.1 Å². The normalized spacial score (nSPS) is 11.3. The Hall–Kier alpha value is -2.45. The van der Waals surface area contributed by atoms with Crippen molar-refractivity contribution in [3.8, 4) is 5.75 Å². The monoisotopic (exact) mass is 352 g/mol. The van der Waals surface area contributed by atoms with Gasteiger partial charge in [-0.05, 0) is 42.5 Å². The van der Waals surface area contributed by atoms with E-state index < -0.39 is 21.7 Å². The fourth-order valence-corrected chi connectivity index (χ4v) is 2.77. The largest absolute Gasteiger partial charge is 0.484 e. The molecule has 0 saturated carbocycles. The highest BCUT2D eigenvalue weighted by Gasteiger charge is 2.17. The summed E-state index contributed by atoms with van der Waals surface area (Å²) in [6.07, 6.45) is 0. The Kier molecular flexibility index (Phi) is 5.53. The molecular weight excluding hydrogens is 335 g/mol. The van der Waals surface area contributed by atoms with Crippen molar-refractivity contribution in [1.82, 2.24) is 4.31 Å². The number of sulfonamides is 1. The predicted octanol–water partition coefficient (Wildman–Crippen LogP) is 2.09. The van der Waals surface area contributed by atoms with Crippen molar-refractivity contribution in [3.63, 3.8) is 0 Å². The molecule has 0 spiro atoms. The van der Waals surface area contributed by atoms with Gasteiger partial charge in [0.15, 0.2) is 6.61 Å². The van der Waals surface area contributed by atoms with Crippen LogP contribution in [0.2, 0.25) is 0 Å². The van der Waals surface area contributed by atoms with E-state index >= 15 is 0 Å². The fraction of sp³-hybridized carbons (Fsp3) is 0.188. The zero-order valence-corrected chi connectivity index (χ0v) is 14.0. The molecule has 0 aromatic heterocycles. The Balaban J connectivity index is 2.00. The minimum absolute atomic E-state index is 0.0738. The summed E-state index contributed by atoms with van der Waals surface area (Å²) >= 11 is 0. The standard InChI is InChI=1S/C16H17FN2O4S/c1-19(2)24(21,22)15-5-3-4-13(10-15)18-16(20)11-23-14-8-6-12(17)7-9-14/h3-10H,11H2,1-2H3,(H,18,20). The highest BCUT2D eigenvalue weighted by Crippen LogP contribution is 2.18. The Bertz CT molecular complexity index is 820. The van der Waals surface area contributed by atoms with E-state index in [-0.39, 0.29) is 11.5 Å². The number of carbonyl (C=O) groups is 1. The van der Waals surface area contributed by atoms with Crippen molar-refractivity contribution in [3.05, 3.63) is 54.3 Å². The lowest BCUT2D eigenvalue weighted by Gasteiger charge is -2.13. The molecule has 0 aliphatic carbocycles. The summed E-state index contributed by atoms with van der Waals surface area (Å²) in [5.41, 5.74) is 0.339. The molecule has 24 heavy (non-hydrogen) atoms. The Labute approximate surface area is 139 Å². The van der Waals surface area contributed by atoms with Gasteiger partial charge in [-0.25, -0.2) is 17.1 Å². The van der Waals surface area contributed by atoms with E-state index in [1.54, 1.807) is 6.07 Å². The Morgan fingerprint density at radius 2 is 1.83 bits per heavy atom. The molecule has 0 aliphatic rings. The molecule has 0 fully saturated rings. The smallest absolute Gasteiger partial charge is 0.262 e. The molecule has 1 amide bonds. The van der Waals surface area contributed by atoms with Crippen molar-refractivity contribution in [2.24, 2.45) is 0 Å². The van der Waals surface area contributed by atoms with E-state index in [0.717, 1.165) is 4.31 Å². The number of anilines is 1. The molecule has 0 atom stereocenters. The zero-order chi connectivity index (χ0) is 17.7. The second-order valence-corrected chi connectivity index (χ2v) is 7.26. The number of nitrogens with one attached hydrogen (secondary N) is 1. The van der Waals surface area contributed by atoms with Gasteiger partial charge in [0, 0.05) is 19.8 Å². The van der Waals surface area contributed by atoms with Gasteiger partial charge in [0.2, 0.25) is 10.0 Å². The van der Waals surface area contributed by atoms with Crippen LogP contribution in [0.15, 0.2) is 53.4 Å². The Morgan fingerprint density at radius 1 is 1.17 bits per heavy atom. The van der Waals surface area contributed by atoms with Gasteiger partial charge in [-0.15, -0.1) is 0 Å². The summed E-state index contributed by atoms with van der Waals surface area (Å²) in [6.45, 7) is -0.281. The van der Waals surface area contributed by atoms with Crippen LogP contribution in [0.3, 0.4) is 0 Å². The number of hydrogen-bond donors (Lipinski definition) is 1. The van der Waals surface area contributed by atoms with Crippen LogP contribution in [0.25, 0.3) is 0 Å². The maximum Gasteiger partial charge on any atom is 0.262 e. The third-order valence-corrected chi connectivity index (χ3v) is 4.89. The predicted molar refractivity (Wildman–Crippen MR) is 87.8 cm³/mol. The summed E-state index contributed by atoms with van der Waals surface area (Å²) in [5.74, 6) is -0.500. The summed E-state index contributed by atoms with van der Waals surface area (Å²) in [5, 5.41) is 2.55. The first-order valence-electron chi connectivity index (χ1n) is 7.00. The summed E-state index contributed by atoms with van der Waals surface area (Å²) in [7, 11) is -0.724. The molecular formula is C16H17FN2O4S. The van der Waals surface area contributed by atoms with Gasteiger partial charge in [0.25, 0.3) is 5.91 Å². The third-order valence-electron chi connectivity index (χ3n) is 3.08. The molecule has 2 rings (SSSR count). The molecule has 0 aliphatic heterocycles. The van der Waals surface area contributed by atoms with Crippen LogP contribution in [0.5, 0.6) is 5.75 Å². The first-order chi connectivity index (χ1) is 11.3. The molecule has 0 radical (unpaired) electrons. The molecule has 6 nitrogen and oxygen atoms in total. The number of rotatable bonds is 6. The highest BCUT2D eigenvalue weighted by atomic mass is 32.2. The molecule has 128 valence electrons. The quantitative estimate of drug-likeness (QED) is 0.864. The SMILES string of the molecule is CN(C)S(=O)(=O)c1cccc(NC(=O)COc2ccc(F)cc2)c1. The number of amides is 1. The second-order valence-electron chi connectivity index (χ2n) is 5.11. The molecule has 0 bridgehead atoms. The van der Waals surface area contributed by atoms with Crippen molar-refractivity contribution in [2.45, 2.75) is 4.90 Å². The lowest BCUT2D eigenvalue weighted by molar-refractivity contribution is -0.118. The van der Waals surface area contributed by atoms with E-state index in [0.29, 0.717) is 11.4 Å². The van der Waals surface area contributed by atoms with Gasteiger partial charge in [-0.1, -0.05) is 6.07 Å². The number of halogens is 1. The molecule has 8 heteroatoms. The number of ether oxygens (including phenoxy) is 1. The number of hydrogen-bond acceptors (Lipinski definition) is 4. The van der Waals surface area contributed by atoms with Gasteiger partial charge < -0.3 is 10.1 Å². The van der Waals surface area contributed by atoms with E-state index in [4.69, 9.17) is 4.74 Å². The minimum atomic E-state index is -3.58. The van der Waals surface area contributed by atoms with Gasteiger partial charge >= 0.3 is 0 Å². The van der Waals surface area contributed by atoms with Crippen LogP contribution in [0, 0.1) is 5.82 Å².